The fraction of sp³-hybridized carbons (Fsp3) is 0.316. The van der Waals surface area contributed by atoms with Crippen molar-refractivity contribution in [3.05, 3.63) is 65.2 Å². The average Bonchev–Trinajstić information content (AvgIpc) is 2.57. The zero-order valence-electron chi connectivity index (χ0n) is 13.8. The Balaban J connectivity index is 1.83. The minimum atomic E-state index is -0.0513. The van der Waals surface area contributed by atoms with Crippen LogP contribution in [0.25, 0.3) is 0 Å². The summed E-state index contributed by atoms with van der Waals surface area (Å²) in [5, 5.41) is 6.02. The summed E-state index contributed by atoms with van der Waals surface area (Å²) in [4.78, 5) is 12.3. The molecule has 0 unspecified atom stereocenters. The van der Waals surface area contributed by atoms with Gasteiger partial charge in [-0.1, -0.05) is 30.3 Å². The van der Waals surface area contributed by atoms with E-state index < -0.39 is 0 Å². The van der Waals surface area contributed by atoms with Crippen molar-refractivity contribution in [3.8, 4) is 5.75 Å². The third kappa shape index (κ3) is 5.42. The number of carbonyl (C=O) groups is 1. The molecule has 1 amide bonds. The number of rotatable bonds is 8. The van der Waals surface area contributed by atoms with E-state index in [1.54, 1.807) is 0 Å². The molecule has 23 heavy (non-hydrogen) atoms. The average molecular weight is 312 g/mol. The molecule has 122 valence electrons. The minimum absolute atomic E-state index is 0.0513. The molecule has 0 fully saturated rings. The van der Waals surface area contributed by atoms with Crippen LogP contribution in [0.1, 0.15) is 21.5 Å². The van der Waals surface area contributed by atoms with Crippen molar-refractivity contribution in [2.75, 3.05) is 26.7 Å². The summed E-state index contributed by atoms with van der Waals surface area (Å²) >= 11 is 0. The van der Waals surface area contributed by atoms with Crippen LogP contribution in [0.15, 0.2) is 48.5 Å². The first-order valence-corrected chi connectivity index (χ1v) is 7.91. The first kappa shape index (κ1) is 17.0. The molecule has 0 aliphatic carbocycles. The summed E-state index contributed by atoms with van der Waals surface area (Å²) in [7, 11) is 1.91. The van der Waals surface area contributed by atoms with E-state index in [4.69, 9.17) is 4.74 Å². The van der Waals surface area contributed by atoms with E-state index >= 15 is 0 Å². The van der Waals surface area contributed by atoms with Gasteiger partial charge in [0.05, 0.1) is 6.54 Å². The molecule has 0 aliphatic heterocycles. The van der Waals surface area contributed by atoms with Crippen LogP contribution in [-0.4, -0.2) is 32.7 Å². The Bertz CT molecular complexity index is 641. The van der Waals surface area contributed by atoms with Gasteiger partial charge in [-0.2, -0.15) is 0 Å². The van der Waals surface area contributed by atoms with E-state index in [9.17, 15) is 4.79 Å². The van der Waals surface area contributed by atoms with Crippen molar-refractivity contribution in [2.24, 2.45) is 0 Å². The maximum Gasteiger partial charge on any atom is 0.251 e. The highest BCUT2D eigenvalue weighted by Gasteiger charge is 2.09. The van der Waals surface area contributed by atoms with Gasteiger partial charge >= 0.3 is 0 Å². The van der Waals surface area contributed by atoms with Crippen LogP contribution in [0.4, 0.5) is 0 Å². The second kappa shape index (κ2) is 8.96. The summed E-state index contributed by atoms with van der Waals surface area (Å²) in [5.74, 6) is 0.776. The molecule has 2 aromatic carbocycles. The number of amides is 1. The van der Waals surface area contributed by atoms with E-state index in [0.717, 1.165) is 35.4 Å². The standard InChI is InChI=1S/C19H24N2O2/c1-15-6-5-8-17(14-15)23-13-12-21-19(22)18-9-4-3-7-16(18)10-11-20-2/h3-9,14,20H,10-13H2,1-2H3,(H,21,22). The summed E-state index contributed by atoms with van der Waals surface area (Å²) in [6.07, 6.45) is 0.833. The highest BCUT2D eigenvalue weighted by Crippen LogP contribution is 2.12. The fourth-order valence-electron chi connectivity index (χ4n) is 2.35. The van der Waals surface area contributed by atoms with Gasteiger partial charge in [0.25, 0.3) is 5.91 Å². The number of likely N-dealkylation sites (N-methyl/N-ethyl adjacent to an activating group) is 1. The van der Waals surface area contributed by atoms with Gasteiger partial charge in [0, 0.05) is 5.56 Å². The van der Waals surface area contributed by atoms with Crippen molar-refractivity contribution in [1.82, 2.24) is 10.6 Å². The van der Waals surface area contributed by atoms with E-state index in [0.29, 0.717) is 13.2 Å². The number of aryl methyl sites for hydroxylation is 1. The van der Waals surface area contributed by atoms with Crippen molar-refractivity contribution < 1.29 is 9.53 Å². The van der Waals surface area contributed by atoms with Gasteiger partial charge in [0.15, 0.2) is 0 Å². The van der Waals surface area contributed by atoms with Gasteiger partial charge in [0.2, 0.25) is 0 Å². The predicted molar refractivity (Wildman–Crippen MR) is 93.1 cm³/mol. The summed E-state index contributed by atoms with van der Waals surface area (Å²) in [5.41, 5.74) is 2.95. The smallest absolute Gasteiger partial charge is 0.251 e. The third-order valence-corrected chi connectivity index (χ3v) is 3.55. The normalized spacial score (nSPS) is 10.3. The molecule has 2 rings (SSSR count). The lowest BCUT2D eigenvalue weighted by Gasteiger charge is -2.11. The number of carbonyl (C=O) groups excluding carboxylic acids is 1. The molecule has 0 bridgehead atoms. The largest absolute Gasteiger partial charge is 0.492 e. The molecule has 0 saturated carbocycles. The Morgan fingerprint density at radius 3 is 2.70 bits per heavy atom. The molecule has 0 heterocycles. The molecule has 0 radical (unpaired) electrons. The molecule has 0 aliphatic rings. The number of ether oxygens (including phenoxy) is 1. The zero-order valence-corrected chi connectivity index (χ0v) is 13.8. The molecule has 0 atom stereocenters. The minimum Gasteiger partial charge on any atom is -0.492 e. The highest BCUT2D eigenvalue weighted by molar-refractivity contribution is 5.95. The maximum atomic E-state index is 12.3. The topological polar surface area (TPSA) is 50.4 Å². The van der Waals surface area contributed by atoms with Gasteiger partial charge < -0.3 is 15.4 Å². The van der Waals surface area contributed by atoms with Gasteiger partial charge in [0.1, 0.15) is 12.4 Å². The molecule has 0 aromatic heterocycles. The fourth-order valence-corrected chi connectivity index (χ4v) is 2.35. The second-order valence-electron chi connectivity index (χ2n) is 5.43. The van der Waals surface area contributed by atoms with Gasteiger partial charge in [-0.15, -0.1) is 0 Å². The lowest BCUT2D eigenvalue weighted by atomic mass is 10.0. The molecule has 4 heteroatoms. The zero-order chi connectivity index (χ0) is 16.5. The molecule has 2 aromatic rings. The Labute approximate surface area is 137 Å². The van der Waals surface area contributed by atoms with Gasteiger partial charge in [-0.05, 0) is 56.3 Å². The van der Waals surface area contributed by atoms with Crippen molar-refractivity contribution in [1.29, 1.82) is 0 Å². The molecular weight excluding hydrogens is 288 g/mol. The Morgan fingerprint density at radius 1 is 1.09 bits per heavy atom. The number of hydrogen-bond donors (Lipinski definition) is 2. The predicted octanol–water partition coefficient (Wildman–Crippen LogP) is 2.57. The second-order valence-corrected chi connectivity index (χ2v) is 5.43. The van der Waals surface area contributed by atoms with Crippen molar-refractivity contribution in [3.63, 3.8) is 0 Å². The van der Waals surface area contributed by atoms with E-state index in [1.807, 2.05) is 62.5 Å². The first-order valence-electron chi connectivity index (χ1n) is 7.91. The Morgan fingerprint density at radius 2 is 1.91 bits per heavy atom. The summed E-state index contributed by atoms with van der Waals surface area (Å²) in [6, 6.07) is 15.6. The van der Waals surface area contributed by atoms with Crippen molar-refractivity contribution >= 4 is 5.91 Å². The summed E-state index contributed by atoms with van der Waals surface area (Å²) < 4.78 is 5.64. The third-order valence-electron chi connectivity index (χ3n) is 3.55. The van der Waals surface area contributed by atoms with Crippen LogP contribution in [0, 0.1) is 6.92 Å². The molecule has 0 saturated heterocycles. The monoisotopic (exact) mass is 312 g/mol. The first-order chi connectivity index (χ1) is 11.2. The molecule has 0 spiro atoms. The van der Waals surface area contributed by atoms with Crippen molar-refractivity contribution in [2.45, 2.75) is 13.3 Å². The van der Waals surface area contributed by atoms with Gasteiger partial charge in [-0.3, -0.25) is 4.79 Å². The quantitative estimate of drug-likeness (QED) is 0.737. The van der Waals surface area contributed by atoms with Crippen LogP contribution in [0.2, 0.25) is 0 Å². The molecule has 2 N–H and O–H groups in total. The van der Waals surface area contributed by atoms with Crippen LogP contribution in [0.3, 0.4) is 0 Å². The summed E-state index contributed by atoms with van der Waals surface area (Å²) in [6.45, 7) is 3.80. The Kier molecular flexibility index (Phi) is 6.63. The van der Waals surface area contributed by atoms with E-state index in [1.165, 1.54) is 0 Å². The number of nitrogens with one attached hydrogen (secondary N) is 2. The molecule has 4 nitrogen and oxygen atoms in total. The molecular formula is C19H24N2O2. The maximum absolute atomic E-state index is 12.3. The van der Waals surface area contributed by atoms with Crippen LogP contribution >= 0.6 is 0 Å². The lowest BCUT2D eigenvalue weighted by Crippen LogP contribution is -2.29. The van der Waals surface area contributed by atoms with E-state index in [-0.39, 0.29) is 5.91 Å². The Hall–Kier alpha value is -2.33. The number of hydrogen-bond acceptors (Lipinski definition) is 3. The van der Waals surface area contributed by atoms with E-state index in [2.05, 4.69) is 10.6 Å². The van der Waals surface area contributed by atoms with Crippen LogP contribution < -0.4 is 15.4 Å². The highest BCUT2D eigenvalue weighted by atomic mass is 16.5. The number of benzene rings is 2. The van der Waals surface area contributed by atoms with Crippen LogP contribution in [0.5, 0.6) is 5.75 Å². The van der Waals surface area contributed by atoms with Gasteiger partial charge in [-0.25, -0.2) is 0 Å². The SMILES string of the molecule is CNCCc1ccccc1C(=O)NCCOc1cccc(C)c1. The van der Waals surface area contributed by atoms with Crippen LogP contribution in [-0.2, 0) is 6.42 Å². The lowest BCUT2D eigenvalue weighted by molar-refractivity contribution is 0.0946.